The number of carbonyl (C=O) groups excluding carboxylic acids is 3. The molecule has 37 heavy (non-hydrogen) atoms. The normalized spacial score (nSPS) is 23.5. The molecule has 1 saturated heterocycles. The Labute approximate surface area is 216 Å². The highest BCUT2D eigenvalue weighted by Crippen LogP contribution is 2.21. The summed E-state index contributed by atoms with van der Waals surface area (Å²) in [4.78, 5) is 41.1. The molecule has 0 radical (unpaired) electrons. The molecule has 0 bridgehead atoms. The second-order valence-corrected chi connectivity index (χ2v) is 9.21. The highest BCUT2D eigenvalue weighted by Gasteiger charge is 2.44. The van der Waals surface area contributed by atoms with Crippen molar-refractivity contribution in [2.45, 2.75) is 63.3 Å². The summed E-state index contributed by atoms with van der Waals surface area (Å²) < 4.78 is 10.3. The second-order valence-electron chi connectivity index (χ2n) is 9.21. The minimum Gasteiger partial charge on any atom is -0.461 e. The molecular formula is C25H39N3O9. The quantitative estimate of drug-likeness (QED) is 0.206. The molecule has 0 aliphatic carbocycles. The zero-order valence-electron chi connectivity index (χ0n) is 21.6. The van der Waals surface area contributed by atoms with E-state index in [2.05, 4.69) is 5.32 Å². The molecule has 208 valence electrons. The maximum atomic E-state index is 13.0. The summed E-state index contributed by atoms with van der Waals surface area (Å²) >= 11 is 0. The Bertz CT molecular complexity index is 881. The van der Waals surface area contributed by atoms with Gasteiger partial charge in [0.2, 0.25) is 11.8 Å². The van der Waals surface area contributed by atoms with Crippen molar-refractivity contribution in [3.63, 3.8) is 0 Å². The zero-order valence-corrected chi connectivity index (χ0v) is 21.6. The van der Waals surface area contributed by atoms with Crippen molar-refractivity contribution < 1.29 is 44.3 Å². The Hall–Kier alpha value is -2.61. The highest BCUT2D eigenvalue weighted by atomic mass is 16.6. The molecule has 12 heteroatoms. The van der Waals surface area contributed by atoms with E-state index in [0.717, 1.165) is 12.8 Å². The number of benzene rings is 1. The van der Waals surface area contributed by atoms with Crippen LogP contribution in [0.4, 0.5) is 5.69 Å². The van der Waals surface area contributed by atoms with Crippen molar-refractivity contribution in [3.05, 3.63) is 29.8 Å². The van der Waals surface area contributed by atoms with Crippen LogP contribution in [0.25, 0.3) is 0 Å². The average molecular weight is 526 g/mol. The third kappa shape index (κ3) is 9.02. The number of aliphatic hydroxyl groups is 4. The molecular weight excluding hydrogens is 486 g/mol. The molecule has 5 N–H and O–H groups in total. The molecule has 1 aliphatic rings. The SMILES string of the molecule is CCCCN(C(=O)CCC(=O)N[C@@H]1[C@@H](O)[C@H](O)[C@@H](CO)O[C@@H]1O)c1ccc(C(=O)OCCN(C)C)cc1. The summed E-state index contributed by atoms with van der Waals surface area (Å²) in [7, 11) is 3.76. The number of anilines is 1. The van der Waals surface area contributed by atoms with Crippen LogP contribution in [0.15, 0.2) is 24.3 Å². The van der Waals surface area contributed by atoms with Crippen LogP contribution in [0.3, 0.4) is 0 Å². The number of ether oxygens (including phenoxy) is 2. The van der Waals surface area contributed by atoms with Gasteiger partial charge in [0, 0.05) is 31.6 Å². The van der Waals surface area contributed by atoms with Crippen molar-refractivity contribution >= 4 is 23.5 Å². The lowest BCUT2D eigenvalue weighted by Gasteiger charge is -2.40. The van der Waals surface area contributed by atoms with E-state index in [1.165, 1.54) is 0 Å². The smallest absolute Gasteiger partial charge is 0.338 e. The maximum absolute atomic E-state index is 13.0. The van der Waals surface area contributed by atoms with Gasteiger partial charge < -0.3 is 45.0 Å². The van der Waals surface area contributed by atoms with Crippen LogP contribution >= 0.6 is 0 Å². The van der Waals surface area contributed by atoms with Gasteiger partial charge >= 0.3 is 5.97 Å². The number of unbranched alkanes of at least 4 members (excludes halogenated alkanes) is 1. The molecule has 0 aromatic heterocycles. The van der Waals surface area contributed by atoms with Gasteiger partial charge in [-0.15, -0.1) is 0 Å². The lowest BCUT2D eigenvalue weighted by molar-refractivity contribution is -0.253. The van der Waals surface area contributed by atoms with Crippen molar-refractivity contribution in [1.82, 2.24) is 10.2 Å². The minimum absolute atomic E-state index is 0.147. The van der Waals surface area contributed by atoms with E-state index < -0.39 is 49.1 Å². The number of esters is 1. The lowest BCUT2D eigenvalue weighted by atomic mass is 9.97. The second kappa shape index (κ2) is 15.0. The molecule has 2 amide bonds. The van der Waals surface area contributed by atoms with E-state index in [9.17, 15) is 29.7 Å². The van der Waals surface area contributed by atoms with Gasteiger partial charge in [-0.2, -0.15) is 0 Å². The Morgan fingerprint density at radius 2 is 1.70 bits per heavy atom. The monoisotopic (exact) mass is 525 g/mol. The van der Waals surface area contributed by atoms with Crippen molar-refractivity contribution in [1.29, 1.82) is 0 Å². The summed E-state index contributed by atoms with van der Waals surface area (Å²) in [6.45, 7) is 2.66. The fraction of sp³-hybridized carbons (Fsp3) is 0.640. The summed E-state index contributed by atoms with van der Waals surface area (Å²) in [5.74, 6) is -1.39. The van der Waals surface area contributed by atoms with E-state index in [-0.39, 0.29) is 25.4 Å². The van der Waals surface area contributed by atoms with Crippen molar-refractivity contribution in [2.24, 2.45) is 0 Å². The molecule has 5 atom stereocenters. The zero-order chi connectivity index (χ0) is 27.5. The fourth-order valence-corrected chi connectivity index (χ4v) is 3.76. The van der Waals surface area contributed by atoms with Crippen LogP contribution < -0.4 is 10.2 Å². The Morgan fingerprint density at radius 3 is 2.30 bits per heavy atom. The number of nitrogens with one attached hydrogen (secondary N) is 1. The first kappa shape index (κ1) is 30.6. The number of hydrogen-bond acceptors (Lipinski definition) is 10. The lowest BCUT2D eigenvalue weighted by Crippen LogP contribution is -2.64. The van der Waals surface area contributed by atoms with Gasteiger partial charge in [-0.25, -0.2) is 4.79 Å². The van der Waals surface area contributed by atoms with Crippen LogP contribution in [0, 0.1) is 0 Å². The molecule has 1 aliphatic heterocycles. The number of aliphatic hydroxyl groups excluding tert-OH is 4. The number of carbonyl (C=O) groups is 3. The van der Waals surface area contributed by atoms with Gasteiger partial charge in [0.25, 0.3) is 0 Å². The molecule has 0 saturated carbocycles. The third-order valence-electron chi connectivity index (χ3n) is 6.02. The van der Waals surface area contributed by atoms with Crippen LogP contribution in [-0.4, -0.2) is 114 Å². The van der Waals surface area contributed by atoms with E-state index in [0.29, 0.717) is 24.3 Å². The number of amides is 2. The summed E-state index contributed by atoms with van der Waals surface area (Å²) in [5, 5.41) is 41.7. The van der Waals surface area contributed by atoms with Crippen molar-refractivity contribution in [2.75, 3.05) is 45.3 Å². The molecule has 0 unspecified atom stereocenters. The predicted octanol–water partition coefficient (Wildman–Crippen LogP) is -0.766. The van der Waals surface area contributed by atoms with Crippen LogP contribution in [0.1, 0.15) is 43.0 Å². The van der Waals surface area contributed by atoms with Gasteiger partial charge in [-0.1, -0.05) is 13.3 Å². The molecule has 1 aromatic rings. The van der Waals surface area contributed by atoms with Crippen LogP contribution in [-0.2, 0) is 19.1 Å². The van der Waals surface area contributed by atoms with Crippen LogP contribution in [0.5, 0.6) is 0 Å². The number of likely N-dealkylation sites (N-methyl/N-ethyl adjacent to an activating group) is 1. The van der Waals surface area contributed by atoms with Gasteiger partial charge in [0.05, 0.1) is 12.2 Å². The van der Waals surface area contributed by atoms with Crippen molar-refractivity contribution in [3.8, 4) is 0 Å². The van der Waals surface area contributed by atoms with E-state index >= 15 is 0 Å². The number of nitrogens with zero attached hydrogens (tertiary/aromatic N) is 2. The first-order valence-corrected chi connectivity index (χ1v) is 12.4. The fourth-order valence-electron chi connectivity index (χ4n) is 3.76. The largest absolute Gasteiger partial charge is 0.461 e. The highest BCUT2D eigenvalue weighted by molar-refractivity contribution is 5.96. The average Bonchev–Trinajstić information content (AvgIpc) is 2.87. The Morgan fingerprint density at radius 1 is 1.03 bits per heavy atom. The summed E-state index contributed by atoms with van der Waals surface area (Å²) in [6.07, 6.45) is -4.68. The standard InChI is InChI=1S/C25H39N3O9/c1-4-5-12-28(17-8-6-16(7-9-17)24(34)36-14-13-27(2)3)20(31)11-10-19(30)26-21-23(33)22(32)18(15-29)37-25(21)35/h6-9,18,21-23,25,29,32-33,35H,4-5,10-15H2,1-3H3,(H,26,30)/t18-,21-,22-,23-,25+/m1/s1. The first-order chi connectivity index (χ1) is 17.6. The molecule has 1 aromatic carbocycles. The third-order valence-corrected chi connectivity index (χ3v) is 6.02. The molecule has 1 heterocycles. The van der Waals surface area contributed by atoms with E-state index in [4.69, 9.17) is 14.6 Å². The molecule has 12 nitrogen and oxygen atoms in total. The van der Waals surface area contributed by atoms with Gasteiger partial charge in [0.1, 0.15) is 31.0 Å². The predicted molar refractivity (Wildman–Crippen MR) is 134 cm³/mol. The summed E-state index contributed by atoms with van der Waals surface area (Å²) in [6, 6.07) is 5.16. The van der Waals surface area contributed by atoms with Gasteiger partial charge in [-0.05, 0) is 44.8 Å². The first-order valence-electron chi connectivity index (χ1n) is 12.4. The van der Waals surface area contributed by atoms with Crippen LogP contribution in [0.2, 0.25) is 0 Å². The Balaban J connectivity index is 1.96. The van der Waals surface area contributed by atoms with Gasteiger partial charge in [0.15, 0.2) is 6.29 Å². The topological polar surface area (TPSA) is 169 Å². The molecule has 2 rings (SSSR count). The number of rotatable bonds is 13. The Kier molecular flexibility index (Phi) is 12.4. The molecule has 1 fully saturated rings. The van der Waals surface area contributed by atoms with E-state index in [1.54, 1.807) is 29.2 Å². The summed E-state index contributed by atoms with van der Waals surface area (Å²) in [5.41, 5.74) is 0.940. The van der Waals surface area contributed by atoms with Gasteiger partial charge in [-0.3, -0.25) is 9.59 Å². The molecule has 0 spiro atoms. The number of hydrogen-bond donors (Lipinski definition) is 5. The van der Waals surface area contributed by atoms with E-state index in [1.807, 2.05) is 25.9 Å². The maximum Gasteiger partial charge on any atom is 0.338 e. The minimum atomic E-state index is -1.63.